The van der Waals surface area contributed by atoms with E-state index in [2.05, 4.69) is 20.3 Å². The zero-order valence-electron chi connectivity index (χ0n) is 16.5. The largest absolute Gasteiger partial charge is 0.381 e. The second kappa shape index (κ2) is 10.1. The maximum Gasteiger partial charge on any atom is 0.328 e. The van der Waals surface area contributed by atoms with E-state index >= 15 is 0 Å². The lowest BCUT2D eigenvalue weighted by Crippen LogP contribution is -2.44. The minimum absolute atomic E-state index is 0.0234. The summed E-state index contributed by atoms with van der Waals surface area (Å²) in [5.41, 5.74) is 0.511. The van der Waals surface area contributed by atoms with Crippen LogP contribution in [-0.2, 0) is 10.0 Å². The van der Waals surface area contributed by atoms with Crippen molar-refractivity contribution in [3.8, 4) is 0 Å². The third-order valence-corrected chi connectivity index (χ3v) is 7.06. The first-order valence-electron chi connectivity index (χ1n) is 10.6. The molecule has 2 fully saturated rings. The van der Waals surface area contributed by atoms with Gasteiger partial charge in [-0.3, -0.25) is 4.98 Å². The second-order valence-electron chi connectivity index (χ2n) is 7.97. The minimum Gasteiger partial charge on any atom is -0.381 e. The van der Waals surface area contributed by atoms with Crippen LogP contribution in [0, 0.1) is 0 Å². The number of sulfonamides is 1. The number of hydrogen-bond donors (Lipinski definition) is 3. The summed E-state index contributed by atoms with van der Waals surface area (Å²) in [5.74, 6) is 0. The molecule has 0 bridgehead atoms. The van der Waals surface area contributed by atoms with Crippen LogP contribution in [-0.4, -0.2) is 31.5 Å². The number of anilines is 1. The topological polar surface area (TPSA) is 100 Å². The zero-order valence-corrected chi connectivity index (χ0v) is 17.3. The summed E-state index contributed by atoms with van der Waals surface area (Å²) in [6.07, 6.45) is 15.9. The van der Waals surface area contributed by atoms with Gasteiger partial charge in [0.05, 0.1) is 5.69 Å². The van der Waals surface area contributed by atoms with Crippen LogP contribution in [0.4, 0.5) is 10.5 Å². The van der Waals surface area contributed by atoms with Gasteiger partial charge < -0.3 is 10.6 Å². The van der Waals surface area contributed by atoms with Crippen molar-refractivity contribution in [3.05, 3.63) is 18.5 Å². The predicted molar refractivity (Wildman–Crippen MR) is 110 cm³/mol. The Labute approximate surface area is 168 Å². The number of amides is 2. The first-order chi connectivity index (χ1) is 13.5. The average molecular weight is 409 g/mol. The van der Waals surface area contributed by atoms with E-state index < -0.39 is 16.1 Å². The van der Waals surface area contributed by atoms with Gasteiger partial charge in [-0.05, 0) is 31.7 Å². The van der Waals surface area contributed by atoms with Crippen LogP contribution in [0.3, 0.4) is 0 Å². The SMILES string of the molecule is O=C(NC1CCCCCC1)NS(=O)(=O)c1cnccc1NC1CCCCCC1. The molecule has 0 spiro atoms. The Bertz CT molecular complexity index is 738. The van der Waals surface area contributed by atoms with E-state index in [9.17, 15) is 13.2 Å². The van der Waals surface area contributed by atoms with E-state index in [1.54, 1.807) is 12.3 Å². The van der Waals surface area contributed by atoms with E-state index in [-0.39, 0.29) is 17.0 Å². The van der Waals surface area contributed by atoms with E-state index in [4.69, 9.17) is 0 Å². The fourth-order valence-electron chi connectivity index (χ4n) is 4.17. The molecule has 2 amide bonds. The summed E-state index contributed by atoms with van der Waals surface area (Å²) >= 11 is 0. The molecule has 0 radical (unpaired) electrons. The van der Waals surface area contributed by atoms with Crippen molar-refractivity contribution in [2.75, 3.05) is 5.32 Å². The molecule has 0 saturated heterocycles. The van der Waals surface area contributed by atoms with Crippen molar-refractivity contribution < 1.29 is 13.2 Å². The van der Waals surface area contributed by atoms with Gasteiger partial charge >= 0.3 is 6.03 Å². The smallest absolute Gasteiger partial charge is 0.328 e. The fourth-order valence-corrected chi connectivity index (χ4v) is 5.20. The summed E-state index contributed by atoms with van der Waals surface area (Å²) in [6, 6.07) is 1.30. The molecule has 3 rings (SSSR count). The van der Waals surface area contributed by atoms with Gasteiger partial charge in [-0.2, -0.15) is 0 Å². The zero-order chi connectivity index (χ0) is 19.8. The quantitative estimate of drug-likeness (QED) is 0.641. The molecule has 0 atom stereocenters. The van der Waals surface area contributed by atoms with Crippen molar-refractivity contribution in [2.24, 2.45) is 0 Å². The summed E-state index contributed by atoms with van der Waals surface area (Å²) in [5, 5.41) is 6.19. The van der Waals surface area contributed by atoms with Crippen LogP contribution in [0.25, 0.3) is 0 Å². The van der Waals surface area contributed by atoms with Crippen LogP contribution < -0.4 is 15.4 Å². The second-order valence-corrected chi connectivity index (χ2v) is 9.62. The average Bonchev–Trinajstić information content (AvgIpc) is 3.06. The van der Waals surface area contributed by atoms with Crippen LogP contribution >= 0.6 is 0 Å². The molecule has 7 nitrogen and oxygen atoms in total. The van der Waals surface area contributed by atoms with Gasteiger partial charge in [0.25, 0.3) is 10.0 Å². The Kier molecular flexibility index (Phi) is 7.53. The maximum atomic E-state index is 12.8. The summed E-state index contributed by atoms with van der Waals surface area (Å²) in [7, 11) is -4.00. The molecule has 2 aliphatic rings. The molecule has 1 aromatic rings. The highest BCUT2D eigenvalue weighted by atomic mass is 32.2. The van der Waals surface area contributed by atoms with Gasteiger partial charge in [0, 0.05) is 24.5 Å². The maximum absolute atomic E-state index is 12.8. The van der Waals surface area contributed by atoms with Crippen LogP contribution in [0.2, 0.25) is 0 Å². The molecule has 8 heteroatoms. The number of rotatable bonds is 5. The van der Waals surface area contributed by atoms with E-state index in [0.717, 1.165) is 51.4 Å². The first kappa shape index (κ1) is 20.9. The Morgan fingerprint density at radius 1 is 0.893 bits per heavy atom. The van der Waals surface area contributed by atoms with Crippen molar-refractivity contribution >= 4 is 21.7 Å². The van der Waals surface area contributed by atoms with Crippen LogP contribution in [0.15, 0.2) is 23.4 Å². The fraction of sp³-hybridized carbons (Fsp3) is 0.700. The number of nitrogens with one attached hydrogen (secondary N) is 3. The number of carbonyl (C=O) groups is 1. The summed E-state index contributed by atoms with van der Waals surface area (Å²) < 4.78 is 27.8. The number of urea groups is 1. The summed E-state index contributed by atoms with van der Waals surface area (Å²) in [4.78, 5) is 16.3. The van der Waals surface area contributed by atoms with Gasteiger partial charge in [0.2, 0.25) is 0 Å². The van der Waals surface area contributed by atoms with Gasteiger partial charge in [0.1, 0.15) is 4.90 Å². The predicted octanol–water partition coefficient (Wildman–Crippen LogP) is 3.93. The Morgan fingerprint density at radius 3 is 2.07 bits per heavy atom. The van der Waals surface area contributed by atoms with Crippen LogP contribution in [0.5, 0.6) is 0 Å². The Balaban J connectivity index is 1.66. The van der Waals surface area contributed by atoms with E-state index in [1.807, 2.05) is 0 Å². The van der Waals surface area contributed by atoms with Gasteiger partial charge in [-0.25, -0.2) is 17.9 Å². The third kappa shape index (κ3) is 6.09. The van der Waals surface area contributed by atoms with Crippen molar-refractivity contribution in [3.63, 3.8) is 0 Å². The highest BCUT2D eigenvalue weighted by Gasteiger charge is 2.24. The van der Waals surface area contributed by atoms with Crippen molar-refractivity contribution in [1.29, 1.82) is 0 Å². The molecular formula is C20H32N4O3S. The lowest BCUT2D eigenvalue weighted by Gasteiger charge is -2.20. The first-order valence-corrected chi connectivity index (χ1v) is 12.1. The lowest BCUT2D eigenvalue weighted by molar-refractivity contribution is 0.240. The van der Waals surface area contributed by atoms with Crippen molar-refractivity contribution in [1.82, 2.24) is 15.0 Å². The summed E-state index contributed by atoms with van der Waals surface area (Å²) in [6.45, 7) is 0. The van der Waals surface area contributed by atoms with Crippen LogP contribution in [0.1, 0.15) is 77.0 Å². The molecule has 156 valence electrons. The van der Waals surface area contributed by atoms with Crippen molar-refractivity contribution in [2.45, 2.75) is 94.0 Å². The Hall–Kier alpha value is -1.83. The lowest BCUT2D eigenvalue weighted by atomic mass is 10.1. The number of carbonyl (C=O) groups excluding carboxylic acids is 1. The highest BCUT2D eigenvalue weighted by molar-refractivity contribution is 7.90. The molecule has 0 unspecified atom stereocenters. The molecule has 3 N–H and O–H groups in total. The molecule has 1 heterocycles. The molecule has 2 saturated carbocycles. The molecule has 0 aromatic carbocycles. The number of pyridine rings is 1. The van der Waals surface area contributed by atoms with Gasteiger partial charge in [-0.15, -0.1) is 0 Å². The minimum atomic E-state index is -4.00. The number of nitrogens with zero attached hydrogens (tertiary/aromatic N) is 1. The number of aromatic nitrogens is 1. The monoisotopic (exact) mass is 408 g/mol. The van der Waals surface area contributed by atoms with E-state index in [1.165, 1.54) is 31.9 Å². The third-order valence-electron chi connectivity index (χ3n) is 5.71. The molecular weight excluding hydrogens is 376 g/mol. The number of hydrogen-bond acceptors (Lipinski definition) is 5. The molecule has 2 aliphatic carbocycles. The highest BCUT2D eigenvalue weighted by Crippen LogP contribution is 2.25. The standard InChI is InChI=1S/C20H32N4O3S/c25-20(23-17-11-7-3-4-8-12-17)24-28(26,27)19-15-21-14-13-18(19)22-16-9-5-1-2-6-10-16/h13-17H,1-12H2,(H,21,22)(H2,23,24,25). The molecule has 1 aromatic heterocycles. The normalized spacial score (nSPS) is 20.0. The molecule has 28 heavy (non-hydrogen) atoms. The van der Waals surface area contributed by atoms with Gasteiger partial charge in [-0.1, -0.05) is 51.4 Å². The van der Waals surface area contributed by atoms with E-state index in [0.29, 0.717) is 5.69 Å². The molecule has 0 aliphatic heterocycles. The van der Waals surface area contributed by atoms with Gasteiger partial charge in [0.15, 0.2) is 0 Å². The Morgan fingerprint density at radius 2 is 1.46 bits per heavy atom.